The molecule has 1 rings (SSSR count). The Balaban J connectivity index is 2.90. The van der Waals surface area contributed by atoms with Crippen molar-refractivity contribution in [2.45, 2.75) is 37.9 Å². The quantitative estimate of drug-likeness (QED) is 0.679. The van der Waals surface area contributed by atoms with Gasteiger partial charge < -0.3 is 20.7 Å². The lowest BCUT2D eigenvalue weighted by molar-refractivity contribution is -0.133. The number of urea groups is 1. The summed E-state index contributed by atoms with van der Waals surface area (Å²) in [4.78, 5) is 25.6. The van der Waals surface area contributed by atoms with Gasteiger partial charge in [0.2, 0.25) is 0 Å². The lowest BCUT2D eigenvalue weighted by Gasteiger charge is -2.21. The Labute approximate surface area is 121 Å². The largest absolute Gasteiger partial charge is 0.481 e. The number of rotatable bonds is 6. The molecule has 20 heavy (non-hydrogen) atoms. The molecule has 0 saturated heterocycles. The number of carboxylic acids is 1. The van der Waals surface area contributed by atoms with Gasteiger partial charge in [-0.25, -0.2) is 9.78 Å². The van der Waals surface area contributed by atoms with Crippen LogP contribution in [0, 0.1) is 0 Å². The van der Waals surface area contributed by atoms with Crippen LogP contribution in [0.2, 0.25) is 0 Å². The second-order valence-electron chi connectivity index (χ2n) is 5.30. The smallest absolute Gasteiger partial charge is 0.313 e. The summed E-state index contributed by atoms with van der Waals surface area (Å²) in [6.45, 7) is 7.02. The number of carbonyl (C=O) groups is 2. The molecule has 0 unspecified atom stereocenters. The van der Waals surface area contributed by atoms with Crippen LogP contribution in [0.5, 0.6) is 0 Å². The molecule has 1 heterocycles. The molecule has 0 saturated carbocycles. The Hall–Kier alpha value is -1.70. The molecule has 4 N–H and O–H groups in total. The van der Waals surface area contributed by atoms with Gasteiger partial charge >= 0.3 is 12.0 Å². The number of nitrogens with two attached hydrogens (primary N) is 1. The summed E-state index contributed by atoms with van der Waals surface area (Å²) in [5.41, 5.74) is 5.89. The second kappa shape index (κ2) is 6.65. The number of hydrogen-bond acceptors (Lipinski definition) is 4. The maximum absolute atomic E-state index is 10.7. The molecule has 0 spiro atoms. The number of carboxylic acid groups (broad SMARTS) is 1. The van der Waals surface area contributed by atoms with Crippen LogP contribution in [-0.4, -0.2) is 39.0 Å². The normalized spacial score (nSPS) is 11.3. The summed E-state index contributed by atoms with van der Waals surface area (Å²) in [5.74, 6) is -0.943. The van der Waals surface area contributed by atoms with E-state index in [9.17, 15) is 9.59 Å². The zero-order valence-electron chi connectivity index (χ0n) is 11.8. The van der Waals surface area contributed by atoms with E-state index in [1.54, 1.807) is 6.20 Å². The van der Waals surface area contributed by atoms with Crippen LogP contribution in [0.3, 0.4) is 0 Å². The van der Waals surface area contributed by atoms with E-state index in [4.69, 9.17) is 10.8 Å². The fraction of sp³-hybridized carbons (Fsp3) is 0.583. The third-order valence-corrected chi connectivity index (χ3v) is 3.52. The Bertz CT molecular complexity index is 493. The number of hydrogen-bond donors (Lipinski definition) is 3. The predicted octanol–water partition coefficient (Wildman–Crippen LogP) is 1.03. The molecule has 0 aliphatic carbocycles. The van der Waals surface area contributed by atoms with Crippen molar-refractivity contribution >= 4 is 23.8 Å². The van der Waals surface area contributed by atoms with E-state index in [0.29, 0.717) is 18.2 Å². The molecule has 0 atom stereocenters. The van der Waals surface area contributed by atoms with Crippen LogP contribution in [0.15, 0.2) is 11.4 Å². The van der Waals surface area contributed by atoms with Crippen LogP contribution in [0.1, 0.15) is 26.5 Å². The van der Waals surface area contributed by atoms with Crippen LogP contribution in [-0.2, 0) is 16.8 Å². The molecule has 2 amide bonds. The van der Waals surface area contributed by atoms with Crippen molar-refractivity contribution in [2.75, 3.05) is 12.3 Å². The average Bonchev–Trinajstić information content (AvgIpc) is 2.68. The fourth-order valence-corrected chi connectivity index (χ4v) is 2.43. The fourth-order valence-electron chi connectivity index (χ4n) is 1.71. The first-order valence-corrected chi connectivity index (χ1v) is 7.14. The number of thioether (sulfide) groups is 1. The molecule has 112 valence electrons. The van der Waals surface area contributed by atoms with Gasteiger partial charge in [-0.1, -0.05) is 32.5 Å². The minimum absolute atomic E-state index is 0.0517. The zero-order valence-corrected chi connectivity index (χ0v) is 12.7. The molecule has 0 bridgehead atoms. The average molecular weight is 300 g/mol. The highest BCUT2D eigenvalue weighted by molar-refractivity contribution is 7.99. The van der Waals surface area contributed by atoms with Crippen molar-refractivity contribution in [3.63, 3.8) is 0 Å². The molecule has 1 aromatic heterocycles. The van der Waals surface area contributed by atoms with Crippen molar-refractivity contribution in [1.82, 2.24) is 14.9 Å². The third kappa shape index (κ3) is 4.76. The summed E-state index contributed by atoms with van der Waals surface area (Å²) in [6.07, 6.45) is 1.74. The first-order chi connectivity index (χ1) is 9.21. The first-order valence-electron chi connectivity index (χ1n) is 6.15. The van der Waals surface area contributed by atoms with Gasteiger partial charge in [-0.05, 0) is 0 Å². The molecule has 0 radical (unpaired) electrons. The number of aromatic nitrogens is 2. The van der Waals surface area contributed by atoms with Crippen LogP contribution < -0.4 is 11.1 Å². The monoisotopic (exact) mass is 300 g/mol. The minimum Gasteiger partial charge on any atom is -0.481 e. The van der Waals surface area contributed by atoms with Gasteiger partial charge in [0.25, 0.3) is 0 Å². The van der Waals surface area contributed by atoms with E-state index in [-0.39, 0.29) is 11.2 Å². The summed E-state index contributed by atoms with van der Waals surface area (Å²) in [5, 5.41) is 11.9. The zero-order chi connectivity index (χ0) is 15.3. The SMILES string of the molecule is CC(C)(C)c1cnc(SCC(=O)O)n1CCNC(N)=O. The Morgan fingerprint density at radius 2 is 2.15 bits per heavy atom. The second-order valence-corrected chi connectivity index (χ2v) is 6.24. The van der Waals surface area contributed by atoms with Crippen LogP contribution in [0.4, 0.5) is 4.79 Å². The maximum Gasteiger partial charge on any atom is 0.313 e. The summed E-state index contributed by atoms with van der Waals surface area (Å²) < 4.78 is 1.92. The lowest BCUT2D eigenvalue weighted by Crippen LogP contribution is -2.33. The molecule has 0 aliphatic heterocycles. The minimum atomic E-state index is -0.892. The predicted molar refractivity (Wildman–Crippen MR) is 76.9 cm³/mol. The summed E-state index contributed by atoms with van der Waals surface area (Å²) in [7, 11) is 0. The van der Waals surface area contributed by atoms with Crippen molar-refractivity contribution in [2.24, 2.45) is 5.73 Å². The van der Waals surface area contributed by atoms with Gasteiger partial charge in [0.05, 0.1) is 5.75 Å². The third-order valence-electron chi connectivity index (χ3n) is 2.55. The number of primary amides is 1. The topological polar surface area (TPSA) is 110 Å². The molecular formula is C12H20N4O3S. The Morgan fingerprint density at radius 3 is 2.65 bits per heavy atom. The number of nitrogens with one attached hydrogen (secondary N) is 1. The van der Waals surface area contributed by atoms with Crippen molar-refractivity contribution < 1.29 is 14.7 Å². The number of nitrogens with zero attached hydrogens (tertiary/aromatic N) is 2. The molecule has 1 aromatic rings. The van der Waals surface area contributed by atoms with E-state index >= 15 is 0 Å². The lowest BCUT2D eigenvalue weighted by atomic mass is 9.92. The van der Waals surface area contributed by atoms with Gasteiger partial charge in [-0.3, -0.25) is 4.79 Å². The summed E-state index contributed by atoms with van der Waals surface area (Å²) in [6, 6.07) is -0.581. The van der Waals surface area contributed by atoms with Gasteiger partial charge in [0, 0.05) is 30.4 Å². The first kappa shape index (κ1) is 16.4. The van der Waals surface area contributed by atoms with Gasteiger partial charge in [0.1, 0.15) is 0 Å². The molecule has 8 heteroatoms. The van der Waals surface area contributed by atoms with E-state index in [1.165, 1.54) is 0 Å². The molecular weight excluding hydrogens is 280 g/mol. The van der Waals surface area contributed by atoms with E-state index in [0.717, 1.165) is 17.5 Å². The Morgan fingerprint density at radius 1 is 1.50 bits per heavy atom. The standard InChI is InChI=1S/C12H20N4O3S/c1-12(2,3)8-6-15-11(20-7-9(17)18)16(8)5-4-14-10(13)19/h6H,4-5,7H2,1-3H3,(H,17,18)(H3,13,14,19). The van der Waals surface area contributed by atoms with Crippen LogP contribution >= 0.6 is 11.8 Å². The highest BCUT2D eigenvalue weighted by Crippen LogP contribution is 2.27. The molecule has 7 nitrogen and oxygen atoms in total. The van der Waals surface area contributed by atoms with Gasteiger partial charge in [-0.15, -0.1) is 0 Å². The highest BCUT2D eigenvalue weighted by atomic mass is 32.2. The van der Waals surface area contributed by atoms with E-state index < -0.39 is 12.0 Å². The highest BCUT2D eigenvalue weighted by Gasteiger charge is 2.22. The number of carbonyl (C=O) groups excluding carboxylic acids is 1. The van der Waals surface area contributed by atoms with Gasteiger partial charge in [-0.2, -0.15) is 0 Å². The molecule has 0 aliphatic rings. The van der Waals surface area contributed by atoms with Crippen molar-refractivity contribution in [3.8, 4) is 0 Å². The molecule has 0 aromatic carbocycles. The molecule has 0 fully saturated rings. The van der Waals surface area contributed by atoms with E-state index in [1.807, 2.05) is 25.3 Å². The van der Waals surface area contributed by atoms with Crippen molar-refractivity contribution in [3.05, 3.63) is 11.9 Å². The van der Waals surface area contributed by atoms with E-state index in [2.05, 4.69) is 10.3 Å². The number of aliphatic carboxylic acids is 1. The Kier molecular flexibility index (Phi) is 5.43. The van der Waals surface area contributed by atoms with Gasteiger partial charge in [0.15, 0.2) is 5.16 Å². The maximum atomic E-state index is 10.7. The number of imidazole rings is 1. The summed E-state index contributed by atoms with van der Waals surface area (Å²) >= 11 is 1.16. The number of amides is 2. The van der Waals surface area contributed by atoms with Crippen molar-refractivity contribution in [1.29, 1.82) is 0 Å². The van der Waals surface area contributed by atoms with Crippen LogP contribution in [0.25, 0.3) is 0 Å².